The third kappa shape index (κ3) is 2.63. The molecule has 1 saturated heterocycles. The molecule has 0 amide bonds. The maximum absolute atomic E-state index is 3.80. The Morgan fingerprint density at radius 1 is 1.44 bits per heavy atom. The quantitative estimate of drug-likeness (QED) is 0.903. The van der Waals surface area contributed by atoms with Gasteiger partial charge in [-0.2, -0.15) is 11.3 Å². The fourth-order valence-electron chi connectivity index (χ4n) is 3.63. The van der Waals surface area contributed by atoms with E-state index in [1.165, 1.54) is 57.3 Å². The van der Waals surface area contributed by atoms with Crippen LogP contribution in [-0.4, -0.2) is 36.1 Å². The van der Waals surface area contributed by atoms with E-state index in [1.807, 2.05) is 11.3 Å². The van der Waals surface area contributed by atoms with Gasteiger partial charge in [-0.1, -0.05) is 12.8 Å². The molecule has 3 rings (SSSR count). The van der Waals surface area contributed by atoms with Crippen molar-refractivity contribution < 1.29 is 0 Å². The lowest BCUT2D eigenvalue weighted by Gasteiger charge is -2.44. The van der Waals surface area contributed by atoms with Crippen LogP contribution in [0.2, 0.25) is 0 Å². The topological polar surface area (TPSA) is 15.3 Å². The van der Waals surface area contributed by atoms with E-state index in [9.17, 15) is 0 Å². The van der Waals surface area contributed by atoms with E-state index in [-0.39, 0.29) is 0 Å². The smallest absolute Gasteiger partial charge is 0.0309 e. The summed E-state index contributed by atoms with van der Waals surface area (Å²) in [7, 11) is 0. The van der Waals surface area contributed by atoms with E-state index in [0.29, 0.717) is 11.6 Å². The lowest BCUT2D eigenvalue weighted by atomic mass is 9.93. The molecule has 0 bridgehead atoms. The number of rotatable bonds is 3. The molecule has 2 heterocycles. The standard InChI is InChI=1S/C15H24N2S/c1-13(10-14-4-9-18-11-14)17-8-7-16-15(12-17)5-2-3-6-15/h4,9,11,13,16H,2-3,5-8,10,12H2,1H3. The van der Waals surface area contributed by atoms with Gasteiger partial charge in [0, 0.05) is 31.2 Å². The highest BCUT2D eigenvalue weighted by atomic mass is 32.1. The van der Waals surface area contributed by atoms with Crippen molar-refractivity contribution in [2.75, 3.05) is 19.6 Å². The van der Waals surface area contributed by atoms with Gasteiger partial charge in [0.2, 0.25) is 0 Å². The molecule has 1 saturated carbocycles. The molecular weight excluding hydrogens is 240 g/mol. The van der Waals surface area contributed by atoms with Crippen LogP contribution in [0.3, 0.4) is 0 Å². The van der Waals surface area contributed by atoms with Crippen molar-refractivity contribution in [1.82, 2.24) is 10.2 Å². The highest BCUT2D eigenvalue weighted by molar-refractivity contribution is 7.07. The molecule has 1 aliphatic heterocycles. The summed E-state index contributed by atoms with van der Waals surface area (Å²) in [6, 6.07) is 2.95. The molecule has 0 radical (unpaired) electrons. The zero-order chi connectivity index (χ0) is 12.4. The van der Waals surface area contributed by atoms with E-state index in [2.05, 4.69) is 34.0 Å². The largest absolute Gasteiger partial charge is 0.309 e. The highest BCUT2D eigenvalue weighted by Crippen LogP contribution is 2.32. The fourth-order valence-corrected chi connectivity index (χ4v) is 4.31. The third-order valence-electron chi connectivity index (χ3n) is 4.70. The van der Waals surface area contributed by atoms with Crippen LogP contribution in [0.15, 0.2) is 16.8 Å². The number of thiophene rings is 1. The Morgan fingerprint density at radius 2 is 2.28 bits per heavy atom. The normalized spacial score (nSPS) is 25.6. The van der Waals surface area contributed by atoms with E-state index >= 15 is 0 Å². The Labute approximate surface area is 114 Å². The van der Waals surface area contributed by atoms with Crippen LogP contribution in [0.5, 0.6) is 0 Å². The van der Waals surface area contributed by atoms with Crippen LogP contribution >= 0.6 is 11.3 Å². The molecule has 2 aliphatic rings. The zero-order valence-electron chi connectivity index (χ0n) is 11.3. The monoisotopic (exact) mass is 264 g/mol. The molecule has 0 aromatic carbocycles. The van der Waals surface area contributed by atoms with Gasteiger partial charge in [-0.05, 0) is 48.6 Å². The second kappa shape index (κ2) is 5.32. The van der Waals surface area contributed by atoms with Gasteiger partial charge in [0.25, 0.3) is 0 Å². The zero-order valence-corrected chi connectivity index (χ0v) is 12.1. The Balaban J connectivity index is 1.61. The summed E-state index contributed by atoms with van der Waals surface area (Å²) >= 11 is 1.82. The van der Waals surface area contributed by atoms with Crippen molar-refractivity contribution in [3.63, 3.8) is 0 Å². The van der Waals surface area contributed by atoms with Gasteiger partial charge < -0.3 is 5.32 Å². The van der Waals surface area contributed by atoms with Crippen molar-refractivity contribution in [3.05, 3.63) is 22.4 Å². The van der Waals surface area contributed by atoms with E-state index in [1.54, 1.807) is 0 Å². The van der Waals surface area contributed by atoms with Gasteiger partial charge in [0.15, 0.2) is 0 Å². The number of nitrogens with one attached hydrogen (secondary N) is 1. The molecule has 18 heavy (non-hydrogen) atoms. The molecule has 1 spiro atoms. The summed E-state index contributed by atoms with van der Waals surface area (Å²) in [5.41, 5.74) is 1.97. The fraction of sp³-hybridized carbons (Fsp3) is 0.733. The first-order valence-corrected chi connectivity index (χ1v) is 8.22. The average molecular weight is 264 g/mol. The van der Waals surface area contributed by atoms with Gasteiger partial charge in [0.1, 0.15) is 0 Å². The maximum Gasteiger partial charge on any atom is 0.0309 e. The SMILES string of the molecule is CC(Cc1ccsc1)N1CCNC2(CCCC2)C1. The van der Waals surface area contributed by atoms with Gasteiger partial charge in [-0.15, -0.1) is 0 Å². The Bertz CT molecular complexity index is 368. The summed E-state index contributed by atoms with van der Waals surface area (Å²) in [5.74, 6) is 0. The second-order valence-electron chi connectivity index (χ2n) is 6.07. The summed E-state index contributed by atoms with van der Waals surface area (Å²) in [6.07, 6.45) is 6.81. The summed E-state index contributed by atoms with van der Waals surface area (Å²) in [5, 5.41) is 8.29. The predicted octanol–water partition coefficient (Wildman–Crippen LogP) is 2.90. The number of hydrogen-bond donors (Lipinski definition) is 1. The summed E-state index contributed by atoms with van der Waals surface area (Å²) < 4.78 is 0. The molecule has 1 unspecified atom stereocenters. The average Bonchev–Trinajstić information content (AvgIpc) is 3.02. The van der Waals surface area contributed by atoms with Crippen LogP contribution in [-0.2, 0) is 6.42 Å². The first-order valence-electron chi connectivity index (χ1n) is 7.28. The van der Waals surface area contributed by atoms with E-state index < -0.39 is 0 Å². The number of piperazine rings is 1. The van der Waals surface area contributed by atoms with Gasteiger partial charge >= 0.3 is 0 Å². The van der Waals surface area contributed by atoms with Gasteiger partial charge in [-0.25, -0.2) is 0 Å². The molecule has 2 fully saturated rings. The van der Waals surface area contributed by atoms with E-state index in [0.717, 1.165) is 0 Å². The Hall–Kier alpha value is -0.380. The van der Waals surface area contributed by atoms with Crippen LogP contribution in [0, 0.1) is 0 Å². The van der Waals surface area contributed by atoms with Crippen LogP contribution in [0.4, 0.5) is 0 Å². The molecule has 1 aliphatic carbocycles. The van der Waals surface area contributed by atoms with Crippen molar-refractivity contribution in [1.29, 1.82) is 0 Å². The molecule has 3 heteroatoms. The lowest BCUT2D eigenvalue weighted by molar-refractivity contribution is 0.100. The van der Waals surface area contributed by atoms with Crippen LogP contribution in [0.25, 0.3) is 0 Å². The molecular formula is C15H24N2S. The molecule has 100 valence electrons. The van der Waals surface area contributed by atoms with Gasteiger partial charge in [-0.3, -0.25) is 4.90 Å². The van der Waals surface area contributed by atoms with Gasteiger partial charge in [0.05, 0.1) is 0 Å². The second-order valence-corrected chi connectivity index (χ2v) is 6.85. The molecule has 2 nitrogen and oxygen atoms in total. The first kappa shape index (κ1) is 12.6. The Morgan fingerprint density at radius 3 is 3.00 bits per heavy atom. The minimum Gasteiger partial charge on any atom is -0.309 e. The van der Waals surface area contributed by atoms with E-state index in [4.69, 9.17) is 0 Å². The minimum absolute atomic E-state index is 0.459. The highest BCUT2D eigenvalue weighted by Gasteiger charge is 2.38. The lowest BCUT2D eigenvalue weighted by Crippen LogP contribution is -2.60. The molecule has 1 atom stereocenters. The predicted molar refractivity (Wildman–Crippen MR) is 78.3 cm³/mol. The summed E-state index contributed by atoms with van der Waals surface area (Å²) in [4.78, 5) is 2.71. The van der Waals surface area contributed by atoms with Crippen molar-refractivity contribution in [3.8, 4) is 0 Å². The summed E-state index contributed by atoms with van der Waals surface area (Å²) in [6.45, 7) is 6.05. The maximum atomic E-state index is 3.80. The molecule has 1 aromatic rings. The van der Waals surface area contributed by atoms with Crippen molar-refractivity contribution in [2.24, 2.45) is 0 Å². The number of hydrogen-bond acceptors (Lipinski definition) is 3. The molecule has 1 N–H and O–H groups in total. The number of nitrogens with zero attached hydrogens (tertiary/aromatic N) is 1. The van der Waals surface area contributed by atoms with Crippen molar-refractivity contribution >= 4 is 11.3 Å². The molecule has 1 aromatic heterocycles. The minimum atomic E-state index is 0.459. The van der Waals surface area contributed by atoms with Crippen LogP contribution in [0.1, 0.15) is 38.2 Å². The van der Waals surface area contributed by atoms with Crippen molar-refractivity contribution in [2.45, 2.75) is 50.6 Å². The first-order chi connectivity index (χ1) is 8.77. The third-order valence-corrected chi connectivity index (χ3v) is 5.43. The van der Waals surface area contributed by atoms with Crippen LogP contribution < -0.4 is 5.32 Å². The Kier molecular flexibility index (Phi) is 3.73.